The third-order valence-corrected chi connectivity index (χ3v) is 2.82. The second-order valence-electron chi connectivity index (χ2n) is 4.45. The van der Waals surface area contributed by atoms with Crippen molar-refractivity contribution in [2.75, 3.05) is 6.54 Å². The average Bonchev–Trinajstić information content (AvgIpc) is 3.09. The number of hydrogen-bond acceptors (Lipinski definition) is 4. The van der Waals surface area contributed by atoms with Crippen LogP contribution >= 0.6 is 0 Å². The molecule has 0 radical (unpaired) electrons. The number of nitrogens with two attached hydrogens (primary N) is 1. The number of rotatable bonds is 8. The van der Waals surface area contributed by atoms with Gasteiger partial charge in [0.25, 0.3) is 0 Å². The van der Waals surface area contributed by atoms with E-state index in [2.05, 4.69) is 0 Å². The van der Waals surface area contributed by atoms with Crippen molar-refractivity contribution < 1.29 is 24.6 Å². The molecular weight excluding hydrogens is 240 g/mol. The molecule has 1 aliphatic rings. The van der Waals surface area contributed by atoms with E-state index in [9.17, 15) is 14.4 Å². The number of amides is 1. The van der Waals surface area contributed by atoms with Gasteiger partial charge in [-0.25, -0.2) is 0 Å². The summed E-state index contributed by atoms with van der Waals surface area (Å²) in [5.74, 6) is -2.31. The monoisotopic (exact) mass is 258 g/mol. The highest BCUT2D eigenvalue weighted by Crippen LogP contribution is 2.27. The Balaban J connectivity index is 2.47. The second-order valence-corrected chi connectivity index (χ2v) is 4.45. The molecule has 102 valence electrons. The molecule has 0 aromatic rings. The van der Waals surface area contributed by atoms with Gasteiger partial charge in [0.15, 0.2) is 0 Å². The molecule has 0 aromatic carbocycles. The standard InChI is InChI=1S/C11H18N2O5/c12-8(3-4-9(14)15)11(18)13(7-1-2-7)6-5-10(16)17/h7-8H,1-6,12H2,(H,14,15)(H,16,17). The van der Waals surface area contributed by atoms with Crippen LogP contribution in [-0.4, -0.2) is 51.6 Å². The lowest BCUT2D eigenvalue weighted by molar-refractivity contribution is -0.139. The van der Waals surface area contributed by atoms with Crippen molar-refractivity contribution in [3.63, 3.8) is 0 Å². The molecular formula is C11H18N2O5. The zero-order valence-electron chi connectivity index (χ0n) is 10.0. The molecule has 0 saturated heterocycles. The number of nitrogens with zero attached hydrogens (tertiary/aromatic N) is 1. The van der Waals surface area contributed by atoms with E-state index in [-0.39, 0.29) is 37.8 Å². The van der Waals surface area contributed by atoms with Gasteiger partial charge in [-0.1, -0.05) is 0 Å². The van der Waals surface area contributed by atoms with Crippen molar-refractivity contribution in [1.82, 2.24) is 4.90 Å². The van der Waals surface area contributed by atoms with Gasteiger partial charge in [-0.15, -0.1) is 0 Å². The van der Waals surface area contributed by atoms with E-state index in [1.54, 1.807) is 0 Å². The first-order valence-electron chi connectivity index (χ1n) is 5.91. The maximum Gasteiger partial charge on any atom is 0.305 e. The third kappa shape index (κ3) is 4.70. The summed E-state index contributed by atoms with van der Waals surface area (Å²) in [7, 11) is 0. The highest BCUT2D eigenvalue weighted by Gasteiger charge is 2.34. The van der Waals surface area contributed by atoms with Crippen LogP contribution in [0.1, 0.15) is 32.1 Å². The van der Waals surface area contributed by atoms with E-state index in [1.807, 2.05) is 0 Å². The van der Waals surface area contributed by atoms with Crippen LogP contribution in [0.2, 0.25) is 0 Å². The largest absolute Gasteiger partial charge is 0.481 e. The minimum Gasteiger partial charge on any atom is -0.481 e. The van der Waals surface area contributed by atoms with Gasteiger partial charge in [0.05, 0.1) is 12.5 Å². The lowest BCUT2D eigenvalue weighted by atomic mass is 10.1. The molecule has 1 unspecified atom stereocenters. The Kier molecular flexibility index (Phi) is 5.08. The van der Waals surface area contributed by atoms with E-state index >= 15 is 0 Å². The van der Waals surface area contributed by atoms with Crippen molar-refractivity contribution in [3.8, 4) is 0 Å². The van der Waals surface area contributed by atoms with Crippen LogP contribution in [0.15, 0.2) is 0 Å². The molecule has 4 N–H and O–H groups in total. The maximum absolute atomic E-state index is 12.0. The first-order valence-corrected chi connectivity index (χ1v) is 5.91. The Morgan fingerprint density at radius 3 is 2.17 bits per heavy atom. The quantitative estimate of drug-likeness (QED) is 0.547. The van der Waals surface area contributed by atoms with Crippen molar-refractivity contribution in [3.05, 3.63) is 0 Å². The summed E-state index contributed by atoms with van der Waals surface area (Å²) >= 11 is 0. The van der Waals surface area contributed by atoms with Gasteiger partial charge >= 0.3 is 11.9 Å². The Labute approximate surface area is 105 Å². The summed E-state index contributed by atoms with van der Waals surface area (Å²) in [6.07, 6.45) is 1.51. The number of carbonyl (C=O) groups excluding carboxylic acids is 1. The van der Waals surface area contributed by atoms with Gasteiger partial charge < -0.3 is 20.8 Å². The molecule has 1 atom stereocenters. The lowest BCUT2D eigenvalue weighted by Crippen LogP contribution is -2.45. The lowest BCUT2D eigenvalue weighted by Gasteiger charge is -2.24. The number of aliphatic carboxylic acids is 2. The summed E-state index contributed by atoms with van der Waals surface area (Å²) < 4.78 is 0. The van der Waals surface area contributed by atoms with Gasteiger partial charge in [-0.2, -0.15) is 0 Å². The normalized spacial score (nSPS) is 16.1. The van der Waals surface area contributed by atoms with Gasteiger partial charge in [0.2, 0.25) is 5.91 Å². The van der Waals surface area contributed by atoms with Gasteiger partial charge in [0, 0.05) is 19.0 Å². The molecule has 0 spiro atoms. The van der Waals surface area contributed by atoms with Crippen LogP contribution in [-0.2, 0) is 14.4 Å². The van der Waals surface area contributed by atoms with Gasteiger partial charge in [-0.3, -0.25) is 14.4 Å². The number of carbonyl (C=O) groups is 3. The molecule has 7 heteroatoms. The minimum atomic E-state index is -0.998. The second kappa shape index (κ2) is 6.34. The molecule has 1 amide bonds. The summed E-state index contributed by atoms with van der Waals surface area (Å²) in [5.41, 5.74) is 5.64. The first-order chi connectivity index (χ1) is 8.41. The van der Waals surface area contributed by atoms with E-state index < -0.39 is 18.0 Å². The van der Waals surface area contributed by atoms with Crippen molar-refractivity contribution >= 4 is 17.8 Å². The number of carboxylic acids is 2. The Hall–Kier alpha value is -1.63. The summed E-state index contributed by atoms with van der Waals surface area (Å²) in [4.78, 5) is 34.3. The Bertz CT molecular complexity index is 340. The molecule has 0 aliphatic heterocycles. The highest BCUT2D eigenvalue weighted by atomic mass is 16.4. The molecule has 1 fully saturated rings. The summed E-state index contributed by atoms with van der Waals surface area (Å²) in [5, 5.41) is 17.1. The van der Waals surface area contributed by atoms with Crippen molar-refractivity contribution in [1.29, 1.82) is 0 Å². The van der Waals surface area contributed by atoms with Crippen LogP contribution in [0.5, 0.6) is 0 Å². The Morgan fingerprint density at radius 1 is 1.17 bits per heavy atom. The van der Waals surface area contributed by atoms with E-state index in [4.69, 9.17) is 15.9 Å². The van der Waals surface area contributed by atoms with Crippen LogP contribution in [0.25, 0.3) is 0 Å². The van der Waals surface area contributed by atoms with Crippen LogP contribution < -0.4 is 5.73 Å². The fourth-order valence-electron chi connectivity index (χ4n) is 1.69. The topological polar surface area (TPSA) is 121 Å². The predicted molar refractivity (Wildman–Crippen MR) is 61.8 cm³/mol. The molecule has 0 bridgehead atoms. The molecule has 1 aliphatic carbocycles. The first kappa shape index (κ1) is 14.4. The summed E-state index contributed by atoms with van der Waals surface area (Å²) in [6, 6.07) is -0.789. The van der Waals surface area contributed by atoms with E-state index in [0.717, 1.165) is 12.8 Å². The van der Waals surface area contributed by atoms with Crippen LogP contribution in [0.3, 0.4) is 0 Å². The Morgan fingerprint density at radius 2 is 1.72 bits per heavy atom. The predicted octanol–water partition coefficient (Wildman–Crippen LogP) is -0.356. The van der Waals surface area contributed by atoms with Crippen molar-refractivity contribution in [2.24, 2.45) is 5.73 Å². The third-order valence-electron chi connectivity index (χ3n) is 2.82. The average molecular weight is 258 g/mol. The zero-order valence-corrected chi connectivity index (χ0v) is 10.0. The van der Waals surface area contributed by atoms with E-state index in [0.29, 0.717) is 0 Å². The SMILES string of the molecule is NC(CCC(=O)O)C(=O)N(CCC(=O)O)C1CC1. The number of carboxylic acid groups (broad SMARTS) is 2. The minimum absolute atomic E-state index is 0.0739. The zero-order chi connectivity index (χ0) is 13.7. The van der Waals surface area contributed by atoms with Crippen LogP contribution in [0, 0.1) is 0 Å². The fourth-order valence-corrected chi connectivity index (χ4v) is 1.69. The van der Waals surface area contributed by atoms with Gasteiger partial charge in [0.1, 0.15) is 0 Å². The molecule has 7 nitrogen and oxygen atoms in total. The fraction of sp³-hybridized carbons (Fsp3) is 0.727. The van der Waals surface area contributed by atoms with Crippen LogP contribution in [0.4, 0.5) is 0 Å². The van der Waals surface area contributed by atoms with E-state index in [1.165, 1.54) is 4.90 Å². The molecule has 18 heavy (non-hydrogen) atoms. The van der Waals surface area contributed by atoms with Gasteiger partial charge in [-0.05, 0) is 19.3 Å². The number of hydrogen-bond donors (Lipinski definition) is 3. The maximum atomic E-state index is 12.0. The smallest absolute Gasteiger partial charge is 0.305 e. The summed E-state index contributed by atoms with van der Waals surface area (Å²) in [6.45, 7) is 0.138. The molecule has 1 saturated carbocycles. The molecule has 1 rings (SSSR count). The highest BCUT2D eigenvalue weighted by molar-refractivity contribution is 5.83. The molecule has 0 aromatic heterocycles. The molecule has 0 heterocycles. The van der Waals surface area contributed by atoms with Crippen molar-refractivity contribution in [2.45, 2.75) is 44.2 Å².